The largest absolute Gasteiger partial charge is 0.399 e. The summed E-state index contributed by atoms with van der Waals surface area (Å²) in [4.78, 5) is 22.9. The highest BCUT2D eigenvalue weighted by atomic mass is 16.2. The summed E-state index contributed by atoms with van der Waals surface area (Å²) < 4.78 is 0. The first kappa shape index (κ1) is 16.0. The molecule has 0 radical (unpaired) electrons. The molecule has 1 aromatic carbocycles. The Morgan fingerprint density at radius 2 is 1.80 bits per heavy atom. The van der Waals surface area contributed by atoms with Crippen molar-refractivity contribution in [2.45, 2.75) is 45.1 Å². The number of hydrogen-bond acceptors (Lipinski definition) is 3. The van der Waals surface area contributed by atoms with Crippen molar-refractivity contribution in [3.05, 3.63) is 29.8 Å². The van der Waals surface area contributed by atoms with Crippen LogP contribution in [0.15, 0.2) is 24.3 Å². The van der Waals surface area contributed by atoms with Crippen LogP contribution in [0.1, 0.15) is 45.1 Å². The van der Waals surface area contributed by atoms with Crippen LogP contribution in [-0.2, 0) is 9.59 Å². The molecule has 1 unspecified atom stereocenters. The minimum absolute atomic E-state index is 0.0833. The van der Waals surface area contributed by atoms with Crippen molar-refractivity contribution in [1.82, 2.24) is 5.32 Å². The first-order chi connectivity index (χ1) is 9.19. The molecule has 0 aliphatic heterocycles. The van der Waals surface area contributed by atoms with E-state index in [9.17, 15) is 9.59 Å². The SMILES string of the molecule is CC(CC(=O)NC(C)(C)CC(N)=O)c1ccc(N)cc1. The van der Waals surface area contributed by atoms with Crippen LogP contribution in [0.5, 0.6) is 0 Å². The molecular weight excluding hydrogens is 254 g/mol. The summed E-state index contributed by atoms with van der Waals surface area (Å²) >= 11 is 0. The van der Waals surface area contributed by atoms with Gasteiger partial charge < -0.3 is 16.8 Å². The highest BCUT2D eigenvalue weighted by Crippen LogP contribution is 2.20. The van der Waals surface area contributed by atoms with Gasteiger partial charge >= 0.3 is 0 Å². The van der Waals surface area contributed by atoms with E-state index in [1.54, 1.807) is 13.8 Å². The van der Waals surface area contributed by atoms with E-state index in [0.717, 1.165) is 5.56 Å². The lowest BCUT2D eigenvalue weighted by molar-refractivity contribution is -0.124. The maximum atomic E-state index is 12.0. The molecule has 0 bridgehead atoms. The standard InChI is InChI=1S/C15H23N3O2/c1-10(11-4-6-12(16)7-5-11)8-14(20)18-15(2,3)9-13(17)19/h4-7,10H,8-9,16H2,1-3H3,(H2,17,19)(H,18,20). The zero-order valence-electron chi connectivity index (χ0n) is 12.3. The number of rotatable bonds is 6. The van der Waals surface area contributed by atoms with Gasteiger partial charge in [-0.1, -0.05) is 19.1 Å². The summed E-state index contributed by atoms with van der Waals surface area (Å²) in [6, 6.07) is 7.48. The van der Waals surface area contributed by atoms with Gasteiger partial charge in [0.05, 0.1) is 0 Å². The molecule has 0 aliphatic carbocycles. The predicted octanol–water partition coefficient (Wildman–Crippen LogP) is 1.53. The molecular formula is C15H23N3O2. The number of primary amides is 1. The normalized spacial score (nSPS) is 12.8. The average Bonchev–Trinajstić information content (AvgIpc) is 2.26. The fourth-order valence-corrected chi connectivity index (χ4v) is 2.13. The molecule has 5 nitrogen and oxygen atoms in total. The van der Waals surface area contributed by atoms with E-state index in [4.69, 9.17) is 11.5 Å². The minimum Gasteiger partial charge on any atom is -0.399 e. The molecule has 1 rings (SSSR count). The lowest BCUT2D eigenvalue weighted by atomic mass is 9.95. The Balaban J connectivity index is 2.57. The lowest BCUT2D eigenvalue weighted by Gasteiger charge is -2.25. The van der Waals surface area contributed by atoms with Crippen molar-refractivity contribution in [1.29, 1.82) is 0 Å². The average molecular weight is 277 g/mol. The van der Waals surface area contributed by atoms with Crippen LogP contribution in [0.2, 0.25) is 0 Å². The highest BCUT2D eigenvalue weighted by Gasteiger charge is 2.23. The molecule has 20 heavy (non-hydrogen) atoms. The summed E-state index contributed by atoms with van der Waals surface area (Å²) in [5, 5.41) is 2.84. The van der Waals surface area contributed by atoms with Crippen LogP contribution in [0.4, 0.5) is 5.69 Å². The van der Waals surface area contributed by atoms with E-state index in [0.29, 0.717) is 12.1 Å². The third kappa shape index (κ3) is 5.30. The summed E-state index contributed by atoms with van der Waals surface area (Å²) in [5.41, 5.74) is 11.9. The zero-order chi connectivity index (χ0) is 15.3. The molecule has 0 heterocycles. The fourth-order valence-electron chi connectivity index (χ4n) is 2.13. The topological polar surface area (TPSA) is 98.2 Å². The van der Waals surface area contributed by atoms with Gasteiger partial charge in [0.25, 0.3) is 0 Å². The van der Waals surface area contributed by atoms with Gasteiger partial charge in [-0.05, 0) is 37.5 Å². The van der Waals surface area contributed by atoms with Crippen molar-refractivity contribution in [2.75, 3.05) is 5.73 Å². The Morgan fingerprint density at radius 3 is 2.30 bits per heavy atom. The summed E-state index contributed by atoms with van der Waals surface area (Å²) in [6.45, 7) is 5.54. The molecule has 2 amide bonds. The van der Waals surface area contributed by atoms with Crippen LogP contribution in [0.3, 0.4) is 0 Å². The molecule has 0 spiro atoms. The predicted molar refractivity (Wildman–Crippen MR) is 79.9 cm³/mol. The Hall–Kier alpha value is -2.04. The number of nitrogens with one attached hydrogen (secondary N) is 1. The Morgan fingerprint density at radius 1 is 1.25 bits per heavy atom. The Kier molecular flexibility index (Phi) is 5.13. The molecule has 0 aromatic heterocycles. The smallest absolute Gasteiger partial charge is 0.221 e. The summed E-state index contributed by atoms with van der Waals surface area (Å²) in [6.07, 6.45) is 0.473. The lowest BCUT2D eigenvalue weighted by Crippen LogP contribution is -2.46. The fraction of sp³-hybridized carbons (Fsp3) is 0.467. The van der Waals surface area contributed by atoms with Crippen LogP contribution in [0.25, 0.3) is 0 Å². The molecule has 1 atom stereocenters. The third-order valence-electron chi connectivity index (χ3n) is 3.09. The van der Waals surface area contributed by atoms with Crippen molar-refractivity contribution in [2.24, 2.45) is 5.73 Å². The molecule has 110 valence electrons. The van der Waals surface area contributed by atoms with Gasteiger partial charge in [0, 0.05) is 24.1 Å². The number of hydrogen-bond donors (Lipinski definition) is 3. The van der Waals surface area contributed by atoms with Gasteiger partial charge in [0.1, 0.15) is 0 Å². The number of nitrogens with two attached hydrogens (primary N) is 2. The van der Waals surface area contributed by atoms with Crippen molar-refractivity contribution in [3.8, 4) is 0 Å². The maximum Gasteiger partial charge on any atom is 0.221 e. The van der Waals surface area contributed by atoms with Crippen molar-refractivity contribution >= 4 is 17.5 Å². The molecule has 5 N–H and O–H groups in total. The van der Waals surface area contributed by atoms with Gasteiger partial charge in [0.2, 0.25) is 11.8 Å². The number of carbonyl (C=O) groups excluding carboxylic acids is 2. The van der Waals surface area contributed by atoms with E-state index in [2.05, 4.69) is 5.32 Å². The maximum absolute atomic E-state index is 12.0. The van der Waals surface area contributed by atoms with Gasteiger partial charge in [0.15, 0.2) is 0 Å². The first-order valence-corrected chi connectivity index (χ1v) is 6.64. The minimum atomic E-state index is -0.621. The first-order valence-electron chi connectivity index (χ1n) is 6.64. The summed E-state index contributed by atoms with van der Waals surface area (Å²) in [5.74, 6) is -0.442. The number of anilines is 1. The molecule has 0 aliphatic rings. The van der Waals surface area contributed by atoms with Gasteiger partial charge in [-0.15, -0.1) is 0 Å². The summed E-state index contributed by atoms with van der Waals surface area (Å²) in [7, 11) is 0. The van der Waals surface area contributed by atoms with Crippen LogP contribution >= 0.6 is 0 Å². The number of carbonyl (C=O) groups is 2. The molecule has 0 saturated carbocycles. The van der Waals surface area contributed by atoms with E-state index in [-0.39, 0.29) is 18.2 Å². The van der Waals surface area contributed by atoms with Crippen molar-refractivity contribution < 1.29 is 9.59 Å². The van der Waals surface area contributed by atoms with E-state index >= 15 is 0 Å². The van der Waals surface area contributed by atoms with E-state index in [1.165, 1.54) is 0 Å². The monoisotopic (exact) mass is 277 g/mol. The number of amides is 2. The van der Waals surface area contributed by atoms with E-state index in [1.807, 2.05) is 31.2 Å². The zero-order valence-corrected chi connectivity index (χ0v) is 12.3. The molecule has 5 heteroatoms. The van der Waals surface area contributed by atoms with E-state index < -0.39 is 11.4 Å². The second-order valence-corrected chi connectivity index (χ2v) is 5.85. The van der Waals surface area contributed by atoms with Crippen molar-refractivity contribution in [3.63, 3.8) is 0 Å². The van der Waals surface area contributed by atoms with Gasteiger partial charge in [-0.25, -0.2) is 0 Å². The highest BCUT2D eigenvalue weighted by molar-refractivity contribution is 5.80. The van der Waals surface area contributed by atoms with Crippen LogP contribution < -0.4 is 16.8 Å². The quantitative estimate of drug-likeness (QED) is 0.688. The second kappa shape index (κ2) is 6.41. The number of benzene rings is 1. The van der Waals surface area contributed by atoms with Crippen LogP contribution in [0, 0.1) is 0 Å². The second-order valence-electron chi connectivity index (χ2n) is 5.85. The number of nitrogen functional groups attached to an aromatic ring is 1. The Bertz CT molecular complexity index is 480. The van der Waals surface area contributed by atoms with Gasteiger partial charge in [-0.2, -0.15) is 0 Å². The molecule has 0 saturated heterocycles. The van der Waals surface area contributed by atoms with Crippen LogP contribution in [-0.4, -0.2) is 17.4 Å². The molecule has 1 aromatic rings. The molecule has 0 fully saturated rings. The Labute approximate surface area is 119 Å². The third-order valence-corrected chi connectivity index (χ3v) is 3.09. The van der Waals surface area contributed by atoms with Gasteiger partial charge in [-0.3, -0.25) is 9.59 Å².